The average Bonchev–Trinajstić information content (AvgIpc) is 2.47. The molecule has 68 valence electrons. The van der Waals surface area contributed by atoms with Crippen LogP contribution >= 0.6 is 0 Å². The molecule has 1 saturated carbocycles. The van der Waals surface area contributed by atoms with Crippen LogP contribution in [0.15, 0.2) is 0 Å². The monoisotopic (exact) mass is 168 g/mol. The maximum Gasteiger partial charge on any atom is 0.315 e. The summed E-state index contributed by atoms with van der Waals surface area (Å²) in [7, 11) is 0. The summed E-state index contributed by atoms with van der Waals surface area (Å²) in [6.45, 7) is 0.894. The standard InChI is InChI=1S/C9H16N2O/c10-9(12)11-6-5-7-3-1-2-4-8(7)11/h7-8H,1-6H2,(H2,10,12)/t7-,8-/m0/s1. The second kappa shape index (κ2) is 2.96. The fourth-order valence-electron chi connectivity index (χ4n) is 2.68. The molecule has 2 rings (SSSR count). The van der Waals surface area contributed by atoms with Gasteiger partial charge in [-0.3, -0.25) is 0 Å². The summed E-state index contributed by atoms with van der Waals surface area (Å²) < 4.78 is 0. The summed E-state index contributed by atoms with van der Waals surface area (Å²) in [5.41, 5.74) is 5.29. The molecule has 0 spiro atoms. The molecule has 0 radical (unpaired) electrons. The van der Waals surface area contributed by atoms with Gasteiger partial charge < -0.3 is 10.6 Å². The number of likely N-dealkylation sites (tertiary alicyclic amines) is 1. The summed E-state index contributed by atoms with van der Waals surface area (Å²) in [5, 5.41) is 0. The molecule has 0 unspecified atom stereocenters. The lowest BCUT2D eigenvalue weighted by Gasteiger charge is -2.30. The van der Waals surface area contributed by atoms with Crippen LogP contribution in [0, 0.1) is 5.92 Å². The van der Waals surface area contributed by atoms with Crippen LogP contribution in [-0.4, -0.2) is 23.5 Å². The van der Waals surface area contributed by atoms with Gasteiger partial charge in [-0.2, -0.15) is 0 Å². The normalized spacial score (nSPS) is 34.8. The number of primary amides is 1. The summed E-state index contributed by atoms with van der Waals surface area (Å²) in [5.74, 6) is 0.756. The van der Waals surface area contributed by atoms with E-state index in [9.17, 15) is 4.79 Å². The average molecular weight is 168 g/mol. The molecule has 1 saturated heterocycles. The van der Waals surface area contributed by atoms with E-state index in [4.69, 9.17) is 5.73 Å². The van der Waals surface area contributed by atoms with Crippen molar-refractivity contribution in [2.75, 3.05) is 6.54 Å². The highest BCUT2D eigenvalue weighted by Crippen LogP contribution is 2.35. The molecule has 0 aromatic carbocycles. The first-order chi connectivity index (χ1) is 5.79. The number of fused-ring (bicyclic) bond motifs is 1. The van der Waals surface area contributed by atoms with Crippen LogP contribution in [0.5, 0.6) is 0 Å². The minimum atomic E-state index is -0.218. The van der Waals surface area contributed by atoms with Gasteiger partial charge in [0.25, 0.3) is 0 Å². The van der Waals surface area contributed by atoms with Crippen molar-refractivity contribution in [3.63, 3.8) is 0 Å². The van der Waals surface area contributed by atoms with Gasteiger partial charge in [0.05, 0.1) is 0 Å². The zero-order chi connectivity index (χ0) is 8.55. The molecule has 0 aromatic rings. The van der Waals surface area contributed by atoms with E-state index in [1.165, 1.54) is 32.1 Å². The largest absolute Gasteiger partial charge is 0.351 e. The number of amides is 2. The van der Waals surface area contributed by atoms with Crippen LogP contribution in [0.25, 0.3) is 0 Å². The summed E-state index contributed by atoms with van der Waals surface area (Å²) in [6, 6.07) is 0.264. The number of nitrogens with two attached hydrogens (primary N) is 1. The Hall–Kier alpha value is -0.730. The Morgan fingerprint density at radius 2 is 2.00 bits per heavy atom. The Balaban J connectivity index is 2.05. The van der Waals surface area contributed by atoms with Gasteiger partial charge in [-0.05, 0) is 25.2 Å². The van der Waals surface area contributed by atoms with Crippen molar-refractivity contribution in [3.8, 4) is 0 Å². The van der Waals surface area contributed by atoms with Crippen LogP contribution in [0.4, 0.5) is 4.79 Å². The molecule has 1 heterocycles. The molecular formula is C9H16N2O. The van der Waals surface area contributed by atoms with Crippen molar-refractivity contribution in [1.29, 1.82) is 0 Å². The lowest BCUT2D eigenvalue weighted by atomic mass is 9.85. The minimum absolute atomic E-state index is 0.218. The maximum absolute atomic E-state index is 11.0. The van der Waals surface area contributed by atoms with Crippen molar-refractivity contribution in [2.24, 2.45) is 11.7 Å². The first-order valence-corrected chi connectivity index (χ1v) is 4.85. The molecule has 12 heavy (non-hydrogen) atoms. The molecule has 3 nitrogen and oxygen atoms in total. The lowest BCUT2D eigenvalue weighted by Crippen LogP contribution is -2.42. The Morgan fingerprint density at radius 1 is 1.25 bits per heavy atom. The van der Waals surface area contributed by atoms with Gasteiger partial charge in [-0.15, -0.1) is 0 Å². The van der Waals surface area contributed by atoms with Gasteiger partial charge in [-0.1, -0.05) is 12.8 Å². The zero-order valence-electron chi connectivity index (χ0n) is 7.33. The van der Waals surface area contributed by atoms with E-state index in [0.717, 1.165) is 12.5 Å². The molecule has 2 fully saturated rings. The van der Waals surface area contributed by atoms with Gasteiger partial charge >= 0.3 is 6.03 Å². The van der Waals surface area contributed by atoms with Gasteiger partial charge in [-0.25, -0.2) is 4.79 Å². The highest BCUT2D eigenvalue weighted by Gasteiger charge is 2.37. The van der Waals surface area contributed by atoms with E-state index in [1.807, 2.05) is 4.90 Å². The number of hydrogen-bond acceptors (Lipinski definition) is 1. The molecule has 0 bridgehead atoms. The Labute approximate surface area is 72.9 Å². The van der Waals surface area contributed by atoms with E-state index >= 15 is 0 Å². The quantitative estimate of drug-likeness (QED) is 0.582. The van der Waals surface area contributed by atoms with Crippen LogP contribution in [0.3, 0.4) is 0 Å². The van der Waals surface area contributed by atoms with Crippen molar-refractivity contribution < 1.29 is 4.79 Å². The predicted octanol–water partition coefficient (Wildman–Crippen LogP) is 1.33. The number of carbonyl (C=O) groups is 1. The van der Waals surface area contributed by atoms with Crippen LogP contribution in [0.2, 0.25) is 0 Å². The van der Waals surface area contributed by atoms with Crippen molar-refractivity contribution in [3.05, 3.63) is 0 Å². The first-order valence-electron chi connectivity index (χ1n) is 4.85. The van der Waals surface area contributed by atoms with Crippen LogP contribution in [-0.2, 0) is 0 Å². The molecule has 1 aliphatic heterocycles. The number of urea groups is 1. The zero-order valence-corrected chi connectivity index (χ0v) is 7.33. The maximum atomic E-state index is 11.0. The van der Waals surface area contributed by atoms with Crippen LogP contribution in [0.1, 0.15) is 32.1 Å². The second-order valence-corrected chi connectivity index (χ2v) is 3.93. The lowest BCUT2D eigenvalue weighted by molar-refractivity contribution is 0.178. The number of rotatable bonds is 0. The molecule has 2 atom stereocenters. The third-order valence-electron chi connectivity index (χ3n) is 3.29. The number of nitrogens with zero attached hydrogens (tertiary/aromatic N) is 1. The van der Waals surface area contributed by atoms with E-state index in [-0.39, 0.29) is 6.03 Å². The first kappa shape index (κ1) is 7.90. The molecule has 2 aliphatic rings. The van der Waals surface area contributed by atoms with E-state index < -0.39 is 0 Å². The molecular weight excluding hydrogens is 152 g/mol. The van der Waals surface area contributed by atoms with E-state index in [0.29, 0.717) is 6.04 Å². The van der Waals surface area contributed by atoms with Crippen molar-refractivity contribution >= 4 is 6.03 Å². The topological polar surface area (TPSA) is 46.3 Å². The molecule has 3 heteroatoms. The van der Waals surface area contributed by atoms with E-state index in [2.05, 4.69) is 0 Å². The predicted molar refractivity (Wildman–Crippen MR) is 46.7 cm³/mol. The Kier molecular flexibility index (Phi) is 1.95. The van der Waals surface area contributed by atoms with Gasteiger partial charge in [0.2, 0.25) is 0 Å². The van der Waals surface area contributed by atoms with Gasteiger partial charge in [0.15, 0.2) is 0 Å². The smallest absolute Gasteiger partial charge is 0.315 e. The minimum Gasteiger partial charge on any atom is -0.351 e. The van der Waals surface area contributed by atoms with Crippen molar-refractivity contribution in [2.45, 2.75) is 38.1 Å². The third-order valence-corrected chi connectivity index (χ3v) is 3.29. The Morgan fingerprint density at radius 3 is 2.75 bits per heavy atom. The summed E-state index contributed by atoms with van der Waals surface area (Å²) in [6.07, 6.45) is 6.26. The fourth-order valence-corrected chi connectivity index (χ4v) is 2.68. The third kappa shape index (κ3) is 1.17. The van der Waals surface area contributed by atoms with E-state index in [1.54, 1.807) is 0 Å². The summed E-state index contributed by atoms with van der Waals surface area (Å²) in [4.78, 5) is 12.9. The molecule has 1 aliphatic carbocycles. The van der Waals surface area contributed by atoms with Crippen LogP contribution < -0.4 is 5.73 Å². The number of carbonyl (C=O) groups excluding carboxylic acids is 1. The SMILES string of the molecule is NC(=O)N1CC[C@@H]2CCCC[C@@H]21. The molecule has 0 aromatic heterocycles. The summed E-state index contributed by atoms with van der Waals surface area (Å²) >= 11 is 0. The highest BCUT2D eigenvalue weighted by atomic mass is 16.2. The Bertz CT molecular complexity index is 193. The molecule has 2 amide bonds. The highest BCUT2D eigenvalue weighted by molar-refractivity contribution is 5.72. The van der Waals surface area contributed by atoms with Crippen molar-refractivity contribution in [1.82, 2.24) is 4.90 Å². The number of hydrogen-bond donors (Lipinski definition) is 1. The second-order valence-electron chi connectivity index (χ2n) is 3.93. The van der Waals surface area contributed by atoms with Gasteiger partial charge in [0, 0.05) is 12.6 Å². The van der Waals surface area contributed by atoms with Gasteiger partial charge in [0.1, 0.15) is 0 Å². The molecule has 2 N–H and O–H groups in total. The fraction of sp³-hybridized carbons (Fsp3) is 0.889.